The number of carbonyl (C=O) groups is 2. The van der Waals surface area contributed by atoms with Crippen molar-refractivity contribution >= 4 is 23.4 Å². The number of alkyl halides is 1. The molecule has 0 aromatic carbocycles. The van der Waals surface area contributed by atoms with E-state index in [9.17, 15) is 9.59 Å². The van der Waals surface area contributed by atoms with Crippen molar-refractivity contribution in [3.63, 3.8) is 0 Å². The lowest BCUT2D eigenvalue weighted by molar-refractivity contribution is -1.13. The van der Waals surface area contributed by atoms with E-state index in [4.69, 9.17) is 11.6 Å². The van der Waals surface area contributed by atoms with Crippen LogP contribution in [0.25, 0.3) is 0 Å². The van der Waals surface area contributed by atoms with Crippen molar-refractivity contribution in [2.24, 2.45) is 0 Å². The van der Waals surface area contributed by atoms with Gasteiger partial charge in [0.1, 0.15) is 18.7 Å². The highest BCUT2D eigenvalue weighted by atomic mass is 35.5. The van der Waals surface area contributed by atoms with Crippen molar-refractivity contribution in [1.82, 2.24) is 9.91 Å². The summed E-state index contributed by atoms with van der Waals surface area (Å²) in [7, 11) is 0. The molecule has 3 saturated heterocycles. The molecule has 3 heterocycles. The van der Waals surface area contributed by atoms with E-state index in [1.807, 2.05) is 4.90 Å². The second kappa shape index (κ2) is 12.9. The zero-order valence-electron chi connectivity index (χ0n) is 21.4. The molecule has 6 nitrogen and oxygen atoms in total. The number of carbonyl (C=O) groups excluding carboxylic acids is 2. The molecule has 33 heavy (non-hydrogen) atoms. The molecule has 0 N–H and O–H groups in total. The van der Waals surface area contributed by atoms with Crippen molar-refractivity contribution in [2.45, 2.75) is 109 Å². The lowest BCUT2D eigenvalue weighted by Crippen LogP contribution is -2.72. The fourth-order valence-corrected chi connectivity index (χ4v) is 6.73. The highest BCUT2D eigenvalue weighted by molar-refractivity contribution is 6.20. The SMILES string of the molecule is CC[N+]1(C[N+]2(CC)CCCCCCCCCCCC(Cl)N2CN2CCCC2=O)CCCC1=O. The quantitative estimate of drug-likeness (QED) is 0.295. The van der Waals surface area contributed by atoms with Gasteiger partial charge in [0.05, 0.1) is 26.1 Å². The third-order valence-electron chi connectivity index (χ3n) is 8.61. The normalized spacial score (nSPS) is 34.0. The van der Waals surface area contributed by atoms with Gasteiger partial charge in [0.2, 0.25) is 12.6 Å². The first-order valence-electron chi connectivity index (χ1n) is 13.9. The number of quaternary nitrogens is 2. The van der Waals surface area contributed by atoms with E-state index >= 15 is 0 Å². The van der Waals surface area contributed by atoms with Crippen LogP contribution >= 0.6 is 11.6 Å². The van der Waals surface area contributed by atoms with Gasteiger partial charge in [-0.2, -0.15) is 4.59 Å². The highest BCUT2D eigenvalue weighted by Crippen LogP contribution is 2.32. The molecule has 3 rings (SSSR count). The van der Waals surface area contributed by atoms with Crippen LogP contribution < -0.4 is 0 Å². The summed E-state index contributed by atoms with van der Waals surface area (Å²) in [4.78, 5) is 27.8. The van der Waals surface area contributed by atoms with Crippen molar-refractivity contribution in [2.75, 3.05) is 46.1 Å². The monoisotopic (exact) mass is 484 g/mol. The Bertz CT molecular complexity index is 648. The Kier molecular flexibility index (Phi) is 10.5. The first-order valence-corrected chi connectivity index (χ1v) is 14.3. The van der Waals surface area contributed by atoms with E-state index in [0.29, 0.717) is 29.9 Å². The smallest absolute Gasteiger partial charge is 0.318 e. The topological polar surface area (TPSA) is 40.6 Å². The Morgan fingerprint density at radius 3 is 2.03 bits per heavy atom. The van der Waals surface area contributed by atoms with Crippen LogP contribution in [0.2, 0.25) is 0 Å². The third kappa shape index (κ3) is 6.71. The van der Waals surface area contributed by atoms with Crippen molar-refractivity contribution in [3.8, 4) is 0 Å². The first-order chi connectivity index (χ1) is 16.0. The molecule has 3 aliphatic rings. The van der Waals surface area contributed by atoms with Crippen LogP contribution in [0.5, 0.6) is 0 Å². The predicted molar refractivity (Wildman–Crippen MR) is 134 cm³/mol. The minimum Gasteiger partial charge on any atom is -0.325 e. The third-order valence-corrected chi connectivity index (χ3v) is 9.05. The Labute approximate surface area is 207 Å². The molecule has 0 radical (unpaired) electrons. The van der Waals surface area contributed by atoms with Gasteiger partial charge in [-0.1, -0.05) is 56.5 Å². The van der Waals surface area contributed by atoms with Gasteiger partial charge in [-0.05, 0) is 39.5 Å². The fourth-order valence-electron chi connectivity index (χ4n) is 6.33. The number of halogens is 1. The van der Waals surface area contributed by atoms with Gasteiger partial charge in [0, 0.05) is 19.4 Å². The summed E-state index contributed by atoms with van der Waals surface area (Å²) in [6, 6.07) is 0. The maximum Gasteiger partial charge on any atom is 0.318 e. The molecule has 7 heteroatoms. The van der Waals surface area contributed by atoms with Gasteiger partial charge >= 0.3 is 5.91 Å². The van der Waals surface area contributed by atoms with Gasteiger partial charge in [0.25, 0.3) is 0 Å². The number of likely N-dealkylation sites (tertiary alicyclic amines) is 2. The summed E-state index contributed by atoms with van der Waals surface area (Å²) in [6.45, 7) is 10.4. The number of nitrogens with zero attached hydrogens (tertiary/aromatic N) is 4. The first kappa shape index (κ1) is 26.9. The summed E-state index contributed by atoms with van der Waals surface area (Å²) in [6.07, 6.45) is 15.6. The lowest BCUT2D eigenvalue weighted by atomic mass is 10.1. The number of amides is 2. The Hall–Kier alpha value is -0.690. The molecule has 0 bridgehead atoms. The van der Waals surface area contributed by atoms with E-state index in [1.165, 1.54) is 44.9 Å². The van der Waals surface area contributed by atoms with Gasteiger partial charge in [-0.25, -0.2) is 9.28 Å². The molecular formula is C26H49ClN4O2+2. The van der Waals surface area contributed by atoms with Crippen LogP contribution in [0.3, 0.4) is 0 Å². The number of hydrogen-bond donors (Lipinski definition) is 0. The van der Waals surface area contributed by atoms with E-state index in [0.717, 1.165) is 76.1 Å². The van der Waals surface area contributed by atoms with Crippen molar-refractivity contribution < 1.29 is 18.7 Å². The molecule has 0 spiro atoms. The molecule has 3 atom stereocenters. The second-order valence-electron chi connectivity index (χ2n) is 10.7. The molecular weight excluding hydrogens is 436 g/mol. The molecule has 2 amide bonds. The molecule has 0 aliphatic carbocycles. The van der Waals surface area contributed by atoms with E-state index in [2.05, 4.69) is 18.9 Å². The van der Waals surface area contributed by atoms with E-state index < -0.39 is 0 Å². The Morgan fingerprint density at radius 1 is 0.818 bits per heavy atom. The van der Waals surface area contributed by atoms with E-state index in [1.54, 1.807) is 0 Å². The van der Waals surface area contributed by atoms with Crippen molar-refractivity contribution in [1.29, 1.82) is 0 Å². The molecule has 0 saturated carbocycles. The number of hydrogen-bond acceptors (Lipinski definition) is 3. The predicted octanol–water partition coefficient (Wildman–Crippen LogP) is 5.21. The Balaban J connectivity index is 1.92. The molecule has 190 valence electrons. The average molecular weight is 485 g/mol. The Morgan fingerprint density at radius 2 is 1.48 bits per heavy atom. The van der Waals surface area contributed by atoms with Crippen LogP contribution in [0, 0.1) is 0 Å². The summed E-state index contributed by atoms with van der Waals surface area (Å²) in [5, 5.41) is 2.43. The minimum absolute atomic E-state index is 0.115. The maximum atomic E-state index is 13.2. The molecule has 0 aromatic rings. The molecule has 3 unspecified atom stereocenters. The van der Waals surface area contributed by atoms with Crippen molar-refractivity contribution in [3.05, 3.63) is 0 Å². The van der Waals surface area contributed by atoms with Crippen LogP contribution in [-0.4, -0.2) is 82.4 Å². The van der Waals surface area contributed by atoms with Gasteiger partial charge in [0.15, 0.2) is 0 Å². The van der Waals surface area contributed by atoms with Crippen LogP contribution in [0.4, 0.5) is 0 Å². The van der Waals surface area contributed by atoms with Gasteiger partial charge in [-0.3, -0.25) is 4.79 Å². The standard InChI is InChI=1S/C26H49ClN4O2/c1-3-30(20-15-18-26(30)33)23-31(4-2)21-13-11-9-7-5-6-8-10-12-16-24(27)29(31)22-28-19-14-17-25(28)32/h24H,3-23H2,1-2H3/q+2. The summed E-state index contributed by atoms with van der Waals surface area (Å²) >= 11 is 7.23. The van der Waals surface area contributed by atoms with Crippen LogP contribution in [0.1, 0.15) is 104 Å². The highest BCUT2D eigenvalue weighted by Gasteiger charge is 2.51. The largest absolute Gasteiger partial charge is 0.325 e. The van der Waals surface area contributed by atoms with Crippen LogP contribution in [0.15, 0.2) is 0 Å². The minimum atomic E-state index is -0.115. The second-order valence-corrected chi connectivity index (χ2v) is 11.2. The fraction of sp³-hybridized carbons (Fsp3) is 0.923. The lowest BCUT2D eigenvalue weighted by Gasteiger charge is -2.50. The number of rotatable bonds is 6. The van der Waals surface area contributed by atoms with Gasteiger partial charge < -0.3 is 4.90 Å². The molecule has 3 aliphatic heterocycles. The summed E-state index contributed by atoms with van der Waals surface area (Å²) in [5.74, 6) is 0.648. The van der Waals surface area contributed by atoms with E-state index in [-0.39, 0.29) is 11.4 Å². The summed E-state index contributed by atoms with van der Waals surface area (Å²) < 4.78 is 1.30. The van der Waals surface area contributed by atoms with Gasteiger partial charge in [-0.15, -0.1) is 5.01 Å². The zero-order valence-corrected chi connectivity index (χ0v) is 22.2. The summed E-state index contributed by atoms with van der Waals surface area (Å²) in [5.41, 5.74) is -0.115. The maximum absolute atomic E-state index is 13.2. The average Bonchev–Trinajstić information content (AvgIpc) is 3.39. The zero-order chi connectivity index (χ0) is 23.7. The van der Waals surface area contributed by atoms with Crippen LogP contribution in [-0.2, 0) is 9.59 Å². The molecule has 0 aromatic heterocycles. The molecule has 3 fully saturated rings.